The summed E-state index contributed by atoms with van der Waals surface area (Å²) < 4.78 is 8.68. The number of fused-ring (bicyclic) bond motifs is 10. The number of hydrogen-bond donors (Lipinski definition) is 0. The van der Waals surface area contributed by atoms with Crippen LogP contribution in [0.1, 0.15) is 48.9 Å². The van der Waals surface area contributed by atoms with Crippen LogP contribution in [0, 0.1) is 5.92 Å². The smallest absolute Gasteiger partial charge is 0.135 e. The fourth-order valence-electron chi connectivity index (χ4n) is 9.63. The van der Waals surface area contributed by atoms with Crippen molar-refractivity contribution in [2.24, 2.45) is 10.9 Å². The van der Waals surface area contributed by atoms with E-state index < -0.39 is 0 Å². The summed E-state index contributed by atoms with van der Waals surface area (Å²) in [5, 5.41) is 7.45. The van der Waals surface area contributed by atoms with Gasteiger partial charge in [-0.25, -0.2) is 0 Å². The molecule has 0 spiro atoms. The van der Waals surface area contributed by atoms with Crippen molar-refractivity contribution in [3.8, 4) is 5.69 Å². The number of allylic oxidation sites excluding steroid dienone is 1. The van der Waals surface area contributed by atoms with Gasteiger partial charge in [0.2, 0.25) is 0 Å². The molecule has 3 heterocycles. The maximum absolute atomic E-state index is 6.27. The minimum atomic E-state index is -0.155. The van der Waals surface area contributed by atoms with Gasteiger partial charge in [0.15, 0.2) is 0 Å². The van der Waals surface area contributed by atoms with Crippen LogP contribution < -0.4 is 0 Å². The van der Waals surface area contributed by atoms with E-state index in [0.29, 0.717) is 0 Å². The van der Waals surface area contributed by atoms with Crippen LogP contribution in [0.25, 0.3) is 65.9 Å². The molecule has 11 rings (SSSR count). The molecule has 9 aromatic rings. The molecule has 0 radical (unpaired) electrons. The fourth-order valence-corrected chi connectivity index (χ4v) is 9.63. The molecule has 248 valence electrons. The zero-order chi connectivity index (χ0) is 34.7. The van der Waals surface area contributed by atoms with E-state index in [1.807, 2.05) is 6.07 Å². The number of aliphatic imine (C=N–C) groups is 1. The third kappa shape index (κ3) is 3.99. The van der Waals surface area contributed by atoms with Crippen LogP contribution in [-0.4, -0.2) is 10.3 Å². The van der Waals surface area contributed by atoms with E-state index in [-0.39, 0.29) is 17.3 Å². The van der Waals surface area contributed by atoms with Crippen molar-refractivity contribution < 1.29 is 4.42 Å². The molecule has 0 bridgehead atoms. The van der Waals surface area contributed by atoms with Gasteiger partial charge in [-0.3, -0.25) is 4.99 Å². The molecular weight excluding hydrogens is 633 g/mol. The predicted molar refractivity (Wildman–Crippen MR) is 217 cm³/mol. The van der Waals surface area contributed by atoms with Crippen molar-refractivity contribution in [3.05, 3.63) is 179 Å². The summed E-state index contributed by atoms with van der Waals surface area (Å²) in [7, 11) is 0. The van der Waals surface area contributed by atoms with Crippen molar-refractivity contribution in [1.29, 1.82) is 0 Å². The highest BCUT2D eigenvalue weighted by atomic mass is 16.3. The van der Waals surface area contributed by atoms with Gasteiger partial charge in [0.1, 0.15) is 11.2 Å². The van der Waals surface area contributed by atoms with Crippen LogP contribution in [0.3, 0.4) is 0 Å². The first-order valence-corrected chi connectivity index (χ1v) is 18.3. The molecule has 2 atom stereocenters. The van der Waals surface area contributed by atoms with E-state index in [2.05, 4.69) is 171 Å². The second-order valence-electron chi connectivity index (χ2n) is 15.1. The predicted octanol–water partition coefficient (Wildman–Crippen LogP) is 12.8. The Kier molecular flexibility index (Phi) is 6.06. The normalized spacial score (nSPS) is 18.1. The molecule has 0 saturated heterocycles. The number of furan rings is 1. The summed E-state index contributed by atoms with van der Waals surface area (Å²) in [6.45, 7) is 7.13. The maximum Gasteiger partial charge on any atom is 0.135 e. The molecular formula is C49H36N2O. The Morgan fingerprint density at radius 1 is 0.615 bits per heavy atom. The van der Waals surface area contributed by atoms with Gasteiger partial charge in [0.25, 0.3) is 0 Å². The summed E-state index contributed by atoms with van der Waals surface area (Å²) >= 11 is 0. The molecule has 3 heteroatoms. The standard InChI is InChI=1S/C49H36N2O/c1-29-44(32-23-27-43-38(28-32)35-14-8-11-19-42(35)52-43)46-48(36-15-6-9-17-39(36)49(46,2)3)50-47(29)31-20-24-33(25-21-31)51-40-18-10-7-16-37(40)45-34-13-5-4-12-30(34)22-26-41(45)51/h4-29,44H,1-3H3. The van der Waals surface area contributed by atoms with Crippen LogP contribution in [0.5, 0.6) is 0 Å². The minimum absolute atomic E-state index is 0.147. The fraction of sp³-hybridized carbons (Fsp3) is 0.122. The summed E-state index contributed by atoms with van der Waals surface area (Å²) in [5.74, 6) is 0.293. The highest BCUT2D eigenvalue weighted by Gasteiger charge is 2.46. The van der Waals surface area contributed by atoms with Crippen LogP contribution >= 0.6 is 0 Å². The number of para-hydroxylation sites is 2. The first-order valence-electron chi connectivity index (χ1n) is 18.3. The average molecular weight is 669 g/mol. The third-order valence-electron chi connectivity index (χ3n) is 12.0. The Morgan fingerprint density at radius 3 is 2.19 bits per heavy atom. The molecule has 1 aliphatic carbocycles. The number of nitrogens with zero attached hydrogens (tertiary/aromatic N) is 2. The molecule has 0 saturated carbocycles. The van der Waals surface area contributed by atoms with Crippen molar-refractivity contribution >= 4 is 65.9 Å². The Labute approximate surface area is 302 Å². The van der Waals surface area contributed by atoms with Gasteiger partial charge in [-0.05, 0) is 75.5 Å². The summed E-state index contributed by atoms with van der Waals surface area (Å²) in [6.07, 6.45) is 0. The molecule has 0 N–H and O–H groups in total. The molecule has 0 fully saturated rings. The van der Waals surface area contributed by atoms with Crippen LogP contribution in [0.15, 0.2) is 167 Å². The highest BCUT2D eigenvalue weighted by Crippen LogP contribution is 2.57. The number of benzene rings is 7. The molecule has 3 nitrogen and oxygen atoms in total. The van der Waals surface area contributed by atoms with Crippen molar-refractivity contribution in [1.82, 2.24) is 4.57 Å². The lowest BCUT2D eigenvalue weighted by Crippen LogP contribution is -2.31. The molecule has 52 heavy (non-hydrogen) atoms. The van der Waals surface area contributed by atoms with Crippen molar-refractivity contribution in [3.63, 3.8) is 0 Å². The first kappa shape index (κ1) is 29.5. The summed E-state index contributed by atoms with van der Waals surface area (Å²) in [4.78, 5) is 5.61. The Hall–Kier alpha value is -6.19. The quantitative estimate of drug-likeness (QED) is 0.184. The van der Waals surface area contributed by atoms with E-state index in [4.69, 9.17) is 9.41 Å². The number of hydrogen-bond acceptors (Lipinski definition) is 2. The molecule has 2 unspecified atom stereocenters. The molecule has 7 aromatic carbocycles. The average Bonchev–Trinajstić information content (AvgIpc) is 3.80. The van der Waals surface area contributed by atoms with Crippen LogP contribution in [-0.2, 0) is 5.41 Å². The molecule has 2 aromatic heterocycles. The van der Waals surface area contributed by atoms with Crippen molar-refractivity contribution in [2.75, 3.05) is 0 Å². The lowest BCUT2D eigenvalue weighted by molar-refractivity contribution is 0.524. The zero-order valence-corrected chi connectivity index (χ0v) is 29.4. The highest BCUT2D eigenvalue weighted by molar-refractivity contribution is 6.21. The Morgan fingerprint density at radius 2 is 1.33 bits per heavy atom. The lowest BCUT2D eigenvalue weighted by atomic mass is 9.67. The zero-order valence-electron chi connectivity index (χ0n) is 29.4. The van der Waals surface area contributed by atoms with Gasteiger partial charge >= 0.3 is 0 Å². The SMILES string of the molecule is CC1C(c2ccc(-n3c4ccccc4c4c5ccccc5ccc43)cc2)=NC2=C(C1c1ccc3oc4ccccc4c3c1)C(C)(C)c1ccccc12. The second-order valence-corrected chi connectivity index (χ2v) is 15.1. The van der Waals surface area contributed by atoms with Crippen LogP contribution in [0.2, 0.25) is 0 Å². The third-order valence-corrected chi connectivity index (χ3v) is 12.0. The summed E-state index contributed by atoms with van der Waals surface area (Å²) in [5.41, 5.74) is 14.0. The maximum atomic E-state index is 6.27. The van der Waals surface area contributed by atoms with Gasteiger partial charge in [0.05, 0.1) is 22.4 Å². The number of rotatable bonds is 3. The molecule has 0 amide bonds. The van der Waals surface area contributed by atoms with E-state index in [1.165, 1.54) is 60.2 Å². The van der Waals surface area contributed by atoms with E-state index in [0.717, 1.165) is 39.2 Å². The van der Waals surface area contributed by atoms with E-state index in [1.54, 1.807) is 0 Å². The van der Waals surface area contributed by atoms with E-state index >= 15 is 0 Å². The lowest BCUT2D eigenvalue weighted by Gasteiger charge is -2.37. The van der Waals surface area contributed by atoms with Crippen molar-refractivity contribution in [2.45, 2.75) is 32.1 Å². The first-order chi connectivity index (χ1) is 25.5. The monoisotopic (exact) mass is 668 g/mol. The molecule has 1 aliphatic heterocycles. The largest absolute Gasteiger partial charge is 0.456 e. The van der Waals surface area contributed by atoms with Gasteiger partial charge in [0, 0.05) is 50.0 Å². The van der Waals surface area contributed by atoms with Gasteiger partial charge in [-0.1, -0.05) is 130 Å². The van der Waals surface area contributed by atoms with Gasteiger partial charge in [-0.15, -0.1) is 0 Å². The molecule has 2 aliphatic rings. The second kappa shape index (κ2) is 10.7. The number of aromatic nitrogens is 1. The van der Waals surface area contributed by atoms with E-state index in [9.17, 15) is 0 Å². The Balaban J connectivity index is 1.08. The topological polar surface area (TPSA) is 30.4 Å². The van der Waals surface area contributed by atoms with Gasteiger partial charge < -0.3 is 8.98 Å². The van der Waals surface area contributed by atoms with Gasteiger partial charge in [-0.2, -0.15) is 0 Å². The minimum Gasteiger partial charge on any atom is -0.456 e. The Bertz CT molecular complexity index is 3000. The summed E-state index contributed by atoms with van der Waals surface area (Å²) in [6, 6.07) is 55.2. The van der Waals surface area contributed by atoms with Crippen LogP contribution in [0.4, 0.5) is 0 Å².